The van der Waals surface area contributed by atoms with Gasteiger partial charge < -0.3 is 17.7 Å². The van der Waals surface area contributed by atoms with Crippen molar-refractivity contribution in [1.82, 2.24) is 0 Å². The SMILES string of the molecule is C1=C/C(c2ccc3cc(-c4ccc5oc6c(c5c4)c4ccccc4c4oc5cc(-c7c8ccccc8c(-c8ccc9ccccc9c8)c8ccccc78)ccc5c46)ccc3c2)=c2/cccc/c2=C(c2cc3c4ccccc4oc3c3cc4oc5ccccc5c4cc23)/C=C/CC/1. The monoisotopic (exact) mass is 1220 g/mol. The molecule has 1 aliphatic carbocycles. The lowest BCUT2D eigenvalue weighted by atomic mass is 9.85. The molecule has 16 aromatic carbocycles. The fourth-order valence-electron chi connectivity index (χ4n) is 16.2. The van der Waals surface area contributed by atoms with Crippen molar-refractivity contribution in [2.45, 2.75) is 12.8 Å². The van der Waals surface area contributed by atoms with Crippen LogP contribution in [0.3, 0.4) is 0 Å². The Bertz CT molecular complexity index is 6960. The maximum atomic E-state index is 7.12. The zero-order chi connectivity index (χ0) is 62.7. The van der Waals surface area contributed by atoms with Crippen LogP contribution in [0.2, 0.25) is 0 Å². The number of hydrogen-bond donors (Lipinski definition) is 0. The molecule has 0 atom stereocenters. The maximum Gasteiger partial charge on any atom is 0.147 e. The lowest BCUT2D eigenvalue weighted by Crippen LogP contribution is -2.29. The lowest BCUT2D eigenvalue weighted by Gasteiger charge is -2.18. The van der Waals surface area contributed by atoms with E-state index in [4.69, 9.17) is 17.7 Å². The van der Waals surface area contributed by atoms with Gasteiger partial charge in [-0.25, -0.2) is 0 Å². The highest BCUT2D eigenvalue weighted by atomic mass is 16.3. The number of hydrogen-bond acceptors (Lipinski definition) is 4. The van der Waals surface area contributed by atoms with Crippen LogP contribution >= 0.6 is 0 Å². The van der Waals surface area contributed by atoms with E-state index in [9.17, 15) is 0 Å². The minimum Gasteiger partial charge on any atom is -0.456 e. The van der Waals surface area contributed by atoms with Crippen LogP contribution < -0.4 is 10.4 Å². The third-order valence-corrected chi connectivity index (χ3v) is 20.6. The molecule has 20 aromatic rings. The fourth-order valence-corrected chi connectivity index (χ4v) is 16.2. The third-order valence-electron chi connectivity index (χ3n) is 20.6. The molecule has 0 saturated heterocycles. The molecule has 4 heterocycles. The minimum absolute atomic E-state index is 0.823. The van der Waals surface area contributed by atoms with E-state index < -0.39 is 0 Å². The van der Waals surface area contributed by atoms with Gasteiger partial charge in [-0.05, 0) is 206 Å². The molecule has 446 valence electrons. The number of allylic oxidation sites excluding steroid dienone is 4. The lowest BCUT2D eigenvalue weighted by molar-refractivity contribution is 0.665. The van der Waals surface area contributed by atoms with Gasteiger partial charge in [-0.2, -0.15) is 0 Å². The molecule has 0 radical (unpaired) electrons. The van der Waals surface area contributed by atoms with Crippen molar-refractivity contribution in [3.8, 4) is 33.4 Å². The first kappa shape index (κ1) is 53.1. The molecule has 21 rings (SSSR count). The van der Waals surface area contributed by atoms with Crippen LogP contribution in [0.25, 0.3) is 197 Å². The van der Waals surface area contributed by atoms with Crippen LogP contribution in [0, 0.1) is 0 Å². The molecule has 0 bridgehead atoms. The van der Waals surface area contributed by atoms with E-state index in [-0.39, 0.29) is 0 Å². The summed E-state index contributed by atoms with van der Waals surface area (Å²) in [5.74, 6) is 0. The highest BCUT2D eigenvalue weighted by Gasteiger charge is 2.25. The maximum absolute atomic E-state index is 7.12. The van der Waals surface area contributed by atoms with E-state index in [1.165, 1.54) is 81.4 Å². The summed E-state index contributed by atoms with van der Waals surface area (Å²) < 4.78 is 27.5. The van der Waals surface area contributed by atoms with Crippen molar-refractivity contribution < 1.29 is 17.7 Å². The van der Waals surface area contributed by atoms with E-state index in [1.807, 2.05) is 12.1 Å². The van der Waals surface area contributed by atoms with Crippen molar-refractivity contribution in [3.63, 3.8) is 0 Å². The summed E-state index contributed by atoms with van der Waals surface area (Å²) in [4.78, 5) is 0. The van der Waals surface area contributed by atoms with Gasteiger partial charge in [-0.1, -0.05) is 231 Å². The molecule has 4 aromatic heterocycles. The van der Waals surface area contributed by atoms with Crippen LogP contribution in [-0.4, -0.2) is 0 Å². The van der Waals surface area contributed by atoms with Gasteiger partial charge in [0.1, 0.15) is 44.7 Å². The average molecular weight is 1220 g/mol. The highest BCUT2D eigenvalue weighted by Crippen LogP contribution is 2.50. The molecule has 0 unspecified atom stereocenters. The molecule has 0 amide bonds. The van der Waals surface area contributed by atoms with Gasteiger partial charge in [0.15, 0.2) is 0 Å². The minimum atomic E-state index is 0.823. The van der Waals surface area contributed by atoms with E-state index in [2.05, 4.69) is 291 Å². The predicted octanol–water partition coefficient (Wildman–Crippen LogP) is 24.5. The number of benzene rings is 16. The number of para-hydroxylation sites is 2. The Morgan fingerprint density at radius 3 is 1.45 bits per heavy atom. The van der Waals surface area contributed by atoms with E-state index >= 15 is 0 Å². The second-order valence-electron chi connectivity index (χ2n) is 25.9. The second kappa shape index (κ2) is 20.5. The summed E-state index contributed by atoms with van der Waals surface area (Å²) in [6.07, 6.45) is 11.2. The summed E-state index contributed by atoms with van der Waals surface area (Å²) in [6, 6.07) is 102. The van der Waals surface area contributed by atoms with Gasteiger partial charge in [0, 0.05) is 48.5 Å². The van der Waals surface area contributed by atoms with Gasteiger partial charge in [0.25, 0.3) is 0 Å². The molecule has 1 aliphatic rings. The molecule has 4 heteroatoms. The first-order valence-corrected chi connectivity index (χ1v) is 33.2. The summed E-state index contributed by atoms with van der Waals surface area (Å²) >= 11 is 0. The Labute approximate surface area is 549 Å². The van der Waals surface area contributed by atoms with Crippen molar-refractivity contribution in [2.75, 3.05) is 0 Å². The Balaban J connectivity index is 0.690. The second-order valence-corrected chi connectivity index (χ2v) is 25.9. The van der Waals surface area contributed by atoms with Crippen LogP contribution in [0.1, 0.15) is 24.0 Å². The first-order valence-electron chi connectivity index (χ1n) is 33.2. The first-order chi connectivity index (χ1) is 47.6. The number of fused-ring (bicyclic) bond motifs is 23. The Morgan fingerprint density at radius 1 is 0.219 bits per heavy atom. The van der Waals surface area contributed by atoms with Gasteiger partial charge in [-0.3, -0.25) is 0 Å². The summed E-state index contributed by atoms with van der Waals surface area (Å²) in [5.41, 5.74) is 18.5. The van der Waals surface area contributed by atoms with Gasteiger partial charge in [-0.15, -0.1) is 0 Å². The van der Waals surface area contributed by atoms with Gasteiger partial charge >= 0.3 is 0 Å². The fraction of sp³-hybridized carbons (Fsp3) is 0.0217. The number of furan rings is 4. The largest absolute Gasteiger partial charge is 0.456 e. The Morgan fingerprint density at radius 2 is 0.698 bits per heavy atom. The summed E-state index contributed by atoms with van der Waals surface area (Å²) in [5, 5.41) is 24.8. The molecular formula is C92H54O4. The summed E-state index contributed by atoms with van der Waals surface area (Å²) in [6.45, 7) is 0. The Kier molecular flexibility index (Phi) is 11.3. The molecular weight excluding hydrogens is 1170 g/mol. The number of rotatable bonds is 5. The standard InChI is InChI=1S/C92H54O4/c1-2-4-22-65(75-51-78-67-26-16-18-34-82(67)94-90(78)79-52-85-77(50-76(75)79)66-25-15-17-33-81(66)93-85)64-24-8-7-23-63(64)62(21-3-1)59-39-38-55-45-56(36-37-57(55)46-59)58-42-44-83-80(48-58)88-72-31-13-14-32-73(72)91-89(92(88)95-83)74-43-41-61(49-84(74)96-91)87-70-29-11-9-27-68(70)86(69-28-10-12-30-71(69)87)60-40-35-53-19-5-6-20-54(53)47-60/h3-52H,1-2H2/b21-3+,22-4+,63-62+,65-64+. The smallest absolute Gasteiger partial charge is 0.147 e. The van der Waals surface area contributed by atoms with Crippen LogP contribution in [0.4, 0.5) is 0 Å². The molecule has 0 aliphatic heterocycles. The zero-order valence-corrected chi connectivity index (χ0v) is 51.9. The quantitative estimate of drug-likeness (QED) is 0.161. The van der Waals surface area contributed by atoms with E-state index in [1.54, 1.807) is 0 Å². The molecule has 0 fully saturated rings. The highest BCUT2D eigenvalue weighted by molar-refractivity contribution is 6.34. The van der Waals surface area contributed by atoms with Crippen molar-refractivity contribution in [3.05, 3.63) is 325 Å². The molecule has 0 N–H and O–H groups in total. The molecule has 0 spiro atoms. The van der Waals surface area contributed by atoms with Crippen LogP contribution in [0.15, 0.2) is 321 Å². The van der Waals surface area contributed by atoms with E-state index in [0.29, 0.717) is 0 Å². The summed E-state index contributed by atoms with van der Waals surface area (Å²) in [7, 11) is 0. The normalized spacial score (nSPS) is 15.0. The van der Waals surface area contributed by atoms with Crippen LogP contribution in [-0.2, 0) is 0 Å². The molecule has 4 nitrogen and oxygen atoms in total. The van der Waals surface area contributed by atoms with Crippen molar-refractivity contribution in [2.24, 2.45) is 0 Å². The predicted molar refractivity (Wildman–Crippen MR) is 402 cm³/mol. The Hall–Kier alpha value is -12.5. The van der Waals surface area contributed by atoms with E-state index in [0.717, 1.165) is 150 Å². The van der Waals surface area contributed by atoms with Gasteiger partial charge in [0.2, 0.25) is 0 Å². The van der Waals surface area contributed by atoms with Gasteiger partial charge in [0.05, 0.1) is 5.39 Å². The molecule has 96 heavy (non-hydrogen) atoms. The van der Waals surface area contributed by atoms with Crippen molar-refractivity contribution in [1.29, 1.82) is 0 Å². The third kappa shape index (κ3) is 7.90. The molecule has 0 saturated carbocycles. The average Bonchev–Trinajstić information content (AvgIpc) is 1.50. The van der Waals surface area contributed by atoms with Crippen molar-refractivity contribution >= 4 is 164 Å². The van der Waals surface area contributed by atoms with Crippen LogP contribution in [0.5, 0.6) is 0 Å². The zero-order valence-electron chi connectivity index (χ0n) is 51.9. The topological polar surface area (TPSA) is 52.6 Å².